The normalized spacial score (nSPS) is 11.3. The summed E-state index contributed by atoms with van der Waals surface area (Å²) in [6, 6.07) is 24.2. The molecule has 0 aliphatic rings. The number of hydrogen-bond donors (Lipinski definition) is 0. The summed E-state index contributed by atoms with van der Waals surface area (Å²) >= 11 is 1.88. The molecule has 0 radical (unpaired) electrons. The highest BCUT2D eigenvalue weighted by Crippen LogP contribution is 2.34. The highest BCUT2D eigenvalue weighted by Gasteiger charge is 2.06. The molecule has 0 aliphatic heterocycles. The Kier molecular flexibility index (Phi) is 3.01. The summed E-state index contributed by atoms with van der Waals surface area (Å²) < 4.78 is 2.75. The molecule has 0 atom stereocenters. The summed E-state index contributed by atoms with van der Waals surface area (Å²) in [4.78, 5) is 0. The van der Waals surface area contributed by atoms with Gasteiger partial charge in [-0.15, -0.1) is 11.3 Å². The average Bonchev–Trinajstić information content (AvgIpc) is 2.88. The second-order valence-corrected chi connectivity index (χ2v) is 6.62. The van der Waals surface area contributed by atoms with Crippen molar-refractivity contribution in [3.63, 3.8) is 0 Å². The van der Waals surface area contributed by atoms with Crippen molar-refractivity contribution in [1.29, 1.82) is 0 Å². The Morgan fingerprint density at radius 1 is 0.762 bits per heavy atom. The second-order valence-electron chi connectivity index (χ2n) is 5.53. The van der Waals surface area contributed by atoms with Gasteiger partial charge in [0.05, 0.1) is 0 Å². The van der Waals surface area contributed by atoms with Crippen molar-refractivity contribution in [2.24, 2.45) is 0 Å². The third kappa shape index (κ3) is 2.24. The van der Waals surface area contributed by atoms with Gasteiger partial charge in [-0.1, -0.05) is 48.5 Å². The molecule has 0 amide bonds. The highest BCUT2D eigenvalue weighted by molar-refractivity contribution is 7.25. The smallest absolute Gasteiger partial charge is 0.0355 e. The SMILES string of the molecule is Cc1ccccc1Cc1ccc2sc3ccccc3c2c1. The molecule has 21 heavy (non-hydrogen) atoms. The summed E-state index contributed by atoms with van der Waals surface area (Å²) in [6.45, 7) is 2.19. The molecule has 0 spiro atoms. The van der Waals surface area contributed by atoms with Gasteiger partial charge in [0.2, 0.25) is 0 Å². The predicted octanol–water partition coefficient (Wildman–Crippen LogP) is 5.95. The number of aryl methyl sites for hydroxylation is 1. The van der Waals surface area contributed by atoms with E-state index in [4.69, 9.17) is 0 Å². The first kappa shape index (κ1) is 12.6. The molecule has 0 unspecified atom stereocenters. The Morgan fingerprint density at radius 3 is 2.43 bits per heavy atom. The molecule has 102 valence electrons. The molecular weight excluding hydrogens is 272 g/mol. The van der Waals surface area contributed by atoms with Crippen LogP contribution in [0.15, 0.2) is 66.7 Å². The number of fused-ring (bicyclic) bond motifs is 3. The van der Waals surface area contributed by atoms with Crippen LogP contribution in [0.1, 0.15) is 16.7 Å². The molecule has 0 N–H and O–H groups in total. The van der Waals surface area contributed by atoms with E-state index in [2.05, 4.69) is 73.7 Å². The second kappa shape index (κ2) is 5.01. The van der Waals surface area contributed by atoms with Crippen molar-refractivity contribution in [3.05, 3.63) is 83.4 Å². The van der Waals surface area contributed by atoms with Gasteiger partial charge >= 0.3 is 0 Å². The Bertz CT molecular complexity index is 931. The van der Waals surface area contributed by atoms with E-state index in [9.17, 15) is 0 Å². The van der Waals surface area contributed by atoms with Gasteiger partial charge in [-0.2, -0.15) is 0 Å². The molecule has 0 saturated carbocycles. The van der Waals surface area contributed by atoms with Crippen molar-refractivity contribution in [1.82, 2.24) is 0 Å². The summed E-state index contributed by atoms with van der Waals surface area (Å²) in [5.74, 6) is 0. The fraction of sp³-hybridized carbons (Fsp3) is 0.100. The van der Waals surface area contributed by atoms with Crippen LogP contribution >= 0.6 is 11.3 Å². The van der Waals surface area contributed by atoms with E-state index in [-0.39, 0.29) is 0 Å². The Balaban J connectivity index is 1.83. The molecule has 1 heterocycles. The molecule has 0 fully saturated rings. The minimum atomic E-state index is 1.01. The van der Waals surface area contributed by atoms with E-state index in [1.165, 1.54) is 36.9 Å². The van der Waals surface area contributed by atoms with Crippen molar-refractivity contribution in [3.8, 4) is 0 Å². The lowest BCUT2D eigenvalue weighted by atomic mass is 9.99. The maximum Gasteiger partial charge on any atom is 0.0355 e. The van der Waals surface area contributed by atoms with Crippen molar-refractivity contribution in [2.45, 2.75) is 13.3 Å². The first-order valence-electron chi connectivity index (χ1n) is 7.26. The van der Waals surface area contributed by atoms with Gasteiger partial charge in [-0.05, 0) is 48.2 Å². The molecule has 4 aromatic rings. The van der Waals surface area contributed by atoms with Crippen molar-refractivity contribution >= 4 is 31.5 Å². The predicted molar refractivity (Wildman–Crippen MR) is 93.3 cm³/mol. The van der Waals surface area contributed by atoms with Crippen LogP contribution in [0, 0.1) is 6.92 Å². The van der Waals surface area contributed by atoms with E-state index >= 15 is 0 Å². The summed E-state index contributed by atoms with van der Waals surface area (Å²) in [7, 11) is 0. The van der Waals surface area contributed by atoms with Gasteiger partial charge in [-0.3, -0.25) is 0 Å². The lowest BCUT2D eigenvalue weighted by Gasteiger charge is -2.06. The third-order valence-corrected chi connectivity index (χ3v) is 5.25. The fourth-order valence-corrected chi connectivity index (χ4v) is 4.00. The van der Waals surface area contributed by atoms with E-state index in [1.807, 2.05) is 11.3 Å². The standard InChI is InChI=1S/C20H16S/c1-14-6-2-3-7-16(14)12-15-10-11-20-18(13-15)17-8-4-5-9-19(17)21-20/h2-11,13H,12H2,1H3. The minimum Gasteiger partial charge on any atom is -0.135 e. The van der Waals surface area contributed by atoms with Crippen LogP contribution in [-0.4, -0.2) is 0 Å². The number of rotatable bonds is 2. The Hall–Kier alpha value is -2.12. The summed E-state index contributed by atoms with van der Waals surface area (Å²) in [6.07, 6.45) is 1.01. The molecule has 1 heteroatoms. The monoisotopic (exact) mass is 288 g/mol. The van der Waals surface area contributed by atoms with E-state index in [1.54, 1.807) is 0 Å². The van der Waals surface area contributed by atoms with E-state index < -0.39 is 0 Å². The van der Waals surface area contributed by atoms with Gasteiger partial charge in [0.25, 0.3) is 0 Å². The van der Waals surface area contributed by atoms with E-state index in [0.29, 0.717) is 0 Å². The highest BCUT2D eigenvalue weighted by atomic mass is 32.1. The zero-order valence-electron chi connectivity index (χ0n) is 12.0. The van der Waals surface area contributed by atoms with Gasteiger partial charge in [0.15, 0.2) is 0 Å². The van der Waals surface area contributed by atoms with Crippen molar-refractivity contribution < 1.29 is 0 Å². The van der Waals surface area contributed by atoms with Crippen LogP contribution in [-0.2, 0) is 6.42 Å². The van der Waals surface area contributed by atoms with Crippen molar-refractivity contribution in [2.75, 3.05) is 0 Å². The molecule has 3 aromatic carbocycles. The number of benzene rings is 3. The molecule has 1 aromatic heterocycles. The van der Waals surface area contributed by atoms with Gasteiger partial charge in [-0.25, -0.2) is 0 Å². The largest absolute Gasteiger partial charge is 0.135 e. The summed E-state index contributed by atoms with van der Waals surface area (Å²) in [5, 5.41) is 2.77. The minimum absolute atomic E-state index is 1.01. The first-order chi connectivity index (χ1) is 10.3. The Morgan fingerprint density at radius 2 is 1.52 bits per heavy atom. The Labute approximate surface area is 128 Å². The van der Waals surface area contributed by atoms with Gasteiger partial charge < -0.3 is 0 Å². The van der Waals surface area contributed by atoms with Gasteiger partial charge in [0, 0.05) is 20.2 Å². The first-order valence-corrected chi connectivity index (χ1v) is 8.07. The maximum atomic E-state index is 2.36. The lowest BCUT2D eigenvalue weighted by Crippen LogP contribution is -1.90. The topological polar surface area (TPSA) is 0 Å². The van der Waals surface area contributed by atoms with Crippen LogP contribution in [0.3, 0.4) is 0 Å². The molecule has 0 saturated heterocycles. The molecule has 4 rings (SSSR count). The quantitative estimate of drug-likeness (QED) is 0.427. The number of hydrogen-bond acceptors (Lipinski definition) is 1. The fourth-order valence-electron chi connectivity index (χ4n) is 2.91. The van der Waals surface area contributed by atoms with Crippen LogP contribution in [0.25, 0.3) is 20.2 Å². The van der Waals surface area contributed by atoms with E-state index in [0.717, 1.165) is 6.42 Å². The molecular formula is C20H16S. The van der Waals surface area contributed by atoms with Crippen LogP contribution in [0.4, 0.5) is 0 Å². The molecule has 0 bridgehead atoms. The molecule has 0 nitrogen and oxygen atoms in total. The average molecular weight is 288 g/mol. The number of thiophene rings is 1. The van der Waals surface area contributed by atoms with Gasteiger partial charge in [0.1, 0.15) is 0 Å². The molecule has 0 aliphatic carbocycles. The van der Waals surface area contributed by atoms with Crippen LogP contribution < -0.4 is 0 Å². The third-order valence-electron chi connectivity index (χ3n) is 4.10. The summed E-state index contributed by atoms with van der Waals surface area (Å²) in [5.41, 5.74) is 4.17. The zero-order valence-corrected chi connectivity index (χ0v) is 12.8. The van der Waals surface area contributed by atoms with Crippen LogP contribution in [0.5, 0.6) is 0 Å². The lowest BCUT2D eigenvalue weighted by molar-refractivity contribution is 1.16. The van der Waals surface area contributed by atoms with Crippen LogP contribution in [0.2, 0.25) is 0 Å². The maximum absolute atomic E-state index is 2.36. The zero-order chi connectivity index (χ0) is 14.2.